The Labute approximate surface area is 206 Å². The molecule has 0 aliphatic rings. The van der Waals surface area contributed by atoms with Crippen molar-refractivity contribution in [3.05, 3.63) is 78.1 Å². The molecule has 0 bridgehead atoms. The zero-order valence-electron chi connectivity index (χ0n) is 20.4. The zero-order valence-corrected chi connectivity index (χ0v) is 20.4. The van der Waals surface area contributed by atoms with Crippen LogP contribution < -0.4 is 10.6 Å². The summed E-state index contributed by atoms with van der Waals surface area (Å²) < 4.78 is 1.82. The third-order valence-corrected chi connectivity index (χ3v) is 5.96. The van der Waals surface area contributed by atoms with Crippen LogP contribution in [0, 0.1) is 0 Å². The number of hydrogen-bond acceptors (Lipinski definition) is 5. The number of benzene rings is 2. The van der Waals surface area contributed by atoms with Gasteiger partial charge < -0.3 is 20.1 Å². The van der Waals surface area contributed by atoms with Crippen molar-refractivity contribution < 1.29 is 19.8 Å². The quantitative estimate of drug-likeness (QED) is 0.331. The lowest BCUT2D eigenvalue weighted by atomic mass is 9.90. The fraction of sp³-hybridized carbons (Fsp3) is 0.370. The van der Waals surface area contributed by atoms with E-state index in [0.29, 0.717) is 17.9 Å². The smallest absolute Gasteiger partial charge is 0.252 e. The first-order valence-corrected chi connectivity index (χ1v) is 11.9. The van der Waals surface area contributed by atoms with Gasteiger partial charge in [-0.2, -0.15) is 0 Å². The third-order valence-electron chi connectivity index (χ3n) is 5.96. The lowest BCUT2D eigenvalue weighted by Gasteiger charge is -2.31. The number of aliphatic hydroxyl groups excluding tert-OH is 1. The maximum absolute atomic E-state index is 13.4. The van der Waals surface area contributed by atoms with Crippen molar-refractivity contribution >= 4 is 17.8 Å². The van der Waals surface area contributed by atoms with Gasteiger partial charge in [-0.25, -0.2) is 4.98 Å². The molecule has 3 aromatic rings. The van der Waals surface area contributed by atoms with Crippen molar-refractivity contribution in [2.45, 2.75) is 64.1 Å². The molecule has 2 unspecified atom stereocenters. The van der Waals surface area contributed by atoms with Crippen molar-refractivity contribution in [1.82, 2.24) is 14.9 Å². The second kappa shape index (κ2) is 11.7. The molecule has 4 N–H and O–H groups in total. The van der Waals surface area contributed by atoms with Gasteiger partial charge in [-0.3, -0.25) is 14.9 Å². The van der Waals surface area contributed by atoms with Gasteiger partial charge in [0.15, 0.2) is 0 Å². The van der Waals surface area contributed by atoms with Crippen molar-refractivity contribution in [3.63, 3.8) is 0 Å². The van der Waals surface area contributed by atoms with Crippen molar-refractivity contribution in [2.75, 3.05) is 5.32 Å². The largest absolute Gasteiger partial charge is 0.508 e. The summed E-state index contributed by atoms with van der Waals surface area (Å²) in [6.07, 6.45) is 4.62. The molecule has 2 amide bonds. The highest BCUT2D eigenvalue weighted by Crippen LogP contribution is 2.22. The molecule has 0 aliphatic carbocycles. The molecule has 1 aromatic heterocycles. The third kappa shape index (κ3) is 7.16. The van der Waals surface area contributed by atoms with Crippen LogP contribution in [0.3, 0.4) is 0 Å². The lowest BCUT2D eigenvalue weighted by molar-refractivity contribution is -0.122. The average Bonchev–Trinajstić information content (AvgIpc) is 3.28. The summed E-state index contributed by atoms with van der Waals surface area (Å²) >= 11 is 0. The molecular weight excluding hydrogens is 444 g/mol. The van der Waals surface area contributed by atoms with E-state index in [1.807, 2.05) is 48.7 Å². The molecule has 2 aromatic carbocycles. The molecule has 3 rings (SSSR count). The molecule has 2 atom stereocenters. The Kier molecular flexibility index (Phi) is 8.65. The molecule has 1 heterocycles. The number of phenols is 1. The molecule has 0 saturated carbocycles. The molecule has 8 nitrogen and oxygen atoms in total. The molecule has 0 aliphatic heterocycles. The molecular formula is C27H34N4O4. The molecule has 0 saturated heterocycles. The molecule has 0 radical (unpaired) electrons. The number of amides is 2. The van der Waals surface area contributed by atoms with Gasteiger partial charge in [0.1, 0.15) is 11.3 Å². The molecule has 0 spiro atoms. The Morgan fingerprint density at radius 1 is 1.09 bits per heavy atom. The Hall–Kier alpha value is -3.65. The number of nitrogens with zero attached hydrogens (tertiary/aromatic N) is 2. The van der Waals surface area contributed by atoms with E-state index in [2.05, 4.69) is 15.6 Å². The maximum Gasteiger partial charge on any atom is 0.252 e. The summed E-state index contributed by atoms with van der Waals surface area (Å²) in [5.41, 5.74) is 0.0694. The van der Waals surface area contributed by atoms with Crippen LogP contribution in [-0.4, -0.2) is 43.2 Å². The van der Waals surface area contributed by atoms with Crippen LogP contribution in [0.1, 0.15) is 62.0 Å². The fourth-order valence-electron chi connectivity index (χ4n) is 3.96. The van der Waals surface area contributed by atoms with Gasteiger partial charge in [0, 0.05) is 30.4 Å². The monoisotopic (exact) mass is 478 g/mol. The van der Waals surface area contributed by atoms with Crippen molar-refractivity contribution in [2.24, 2.45) is 0 Å². The number of phenolic OH excluding ortho intramolecular Hbond substituents is 1. The fourth-order valence-corrected chi connectivity index (χ4v) is 3.96. The highest BCUT2D eigenvalue weighted by molar-refractivity contribution is 6.03. The van der Waals surface area contributed by atoms with E-state index in [0.717, 1.165) is 12.8 Å². The van der Waals surface area contributed by atoms with E-state index in [9.17, 15) is 19.8 Å². The van der Waals surface area contributed by atoms with E-state index in [1.54, 1.807) is 19.3 Å². The summed E-state index contributed by atoms with van der Waals surface area (Å²) in [6, 6.07) is 15.8. The van der Waals surface area contributed by atoms with Gasteiger partial charge in [-0.1, -0.05) is 30.3 Å². The Bertz CT molecular complexity index is 1110. The maximum atomic E-state index is 13.4. The van der Waals surface area contributed by atoms with Crippen LogP contribution in [0.2, 0.25) is 0 Å². The van der Waals surface area contributed by atoms with Crippen LogP contribution in [0.15, 0.2) is 67.0 Å². The number of aryl methyl sites for hydroxylation is 1. The lowest BCUT2D eigenvalue weighted by Crippen LogP contribution is -2.56. The number of carbonyl (C=O) groups is 2. The molecule has 8 heteroatoms. The first-order chi connectivity index (χ1) is 16.7. The Balaban J connectivity index is 1.74. The molecule has 35 heavy (non-hydrogen) atoms. The summed E-state index contributed by atoms with van der Waals surface area (Å²) in [5.74, 6) is -0.545. The first-order valence-electron chi connectivity index (χ1n) is 11.9. The zero-order chi connectivity index (χ0) is 25.4. The molecule has 0 fully saturated rings. The van der Waals surface area contributed by atoms with Gasteiger partial charge in [-0.15, -0.1) is 0 Å². The van der Waals surface area contributed by atoms with Gasteiger partial charge in [0.05, 0.1) is 6.10 Å². The standard InChI is InChI=1S/C27H34N4O4/c1-19(2)31-17-16-28-26(31)29-25(35)27(3,30-24(34)21-12-14-22(32)15-13-21)18-23(33)11-7-10-20-8-5-4-6-9-20/h4-6,8-9,12-17,19,23,32-33H,7,10-11,18H2,1-3H3,(H,30,34)(H,28,29,35). The second-order valence-electron chi connectivity index (χ2n) is 9.27. The van der Waals surface area contributed by atoms with Crippen LogP contribution in [0.5, 0.6) is 5.75 Å². The van der Waals surface area contributed by atoms with E-state index in [-0.39, 0.29) is 18.2 Å². The van der Waals surface area contributed by atoms with Crippen molar-refractivity contribution in [3.8, 4) is 5.75 Å². The SMILES string of the molecule is CC(C)n1ccnc1NC(=O)C(C)(CC(O)CCCc1ccccc1)NC(=O)c1ccc(O)cc1. The topological polar surface area (TPSA) is 116 Å². The minimum atomic E-state index is -1.41. The number of rotatable bonds is 11. The number of carbonyl (C=O) groups excluding carboxylic acids is 2. The van der Waals surface area contributed by atoms with Crippen molar-refractivity contribution in [1.29, 1.82) is 0 Å². The normalized spacial score (nSPS) is 13.7. The number of aromatic nitrogens is 2. The van der Waals surface area contributed by atoms with E-state index in [4.69, 9.17) is 0 Å². The summed E-state index contributed by atoms with van der Waals surface area (Å²) in [5, 5.41) is 25.9. The predicted octanol–water partition coefficient (Wildman–Crippen LogP) is 4.07. The number of aromatic hydroxyl groups is 1. The van der Waals surface area contributed by atoms with E-state index in [1.165, 1.54) is 29.8 Å². The number of hydrogen-bond donors (Lipinski definition) is 4. The summed E-state index contributed by atoms with van der Waals surface area (Å²) in [7, 11) is 0. The van der Waals surface area contributed by atoms with Crippen LogP contribution in [0.4, 0.5) is 5.95 Å². The number of aliphatic hydroxyl groups is 1. The van der Waals surface area contributed by atoms with Gasteiger partial charge >= 0.3 is 0 Å². The average molecular weight is 479 g/mol. The van der Waals surface area contributed by atoms with Gasteiger partial charge in [0.25, 0.3) is 11.8 Å². The number of anilines is 1. The second-order valence-corrected chi connectivity index (χ2v) is 9.27. The number of nitrogens with one attached hydrogen (secondary N) is 2. The Morgan fingerprint density at radius 2 is 1.77 bits per heavy atom. The summed E-state index contributed by atoms with van der Waals surface area (Å²) in [6.45, 7) is 5.54. The van der Waals surface area contributed by atoms with Crippen LogP contribution >= 0.6 is 0 Å². The first kappa shape index (κ1) is 26.0. The highest BCUT2D eigenvalue weighted by Gasteiger charge is 2.38. The molecule has 186 valence electrons. The Morgan fingerprint density at radius 3 is 2.43 bits per heavy atom. The van der Waals surface area contributed by atoms with Crippen LogP contribution in [0.25, 0.3) is 0 Å². The van der Waals surface area contributed by atoms with Gasteiger partial charge in [-0.05, 0) is 69.9 Å². The summed E-state index contributed by atoms with van der Waals surface area (Å²) in [4.78, 5) is 30.6. The van der Waals surface area contributed by atoms with Gasteiger partial charge in [0.2, 0.25) is 5.95 Å². The van der Waals surface area contributed by atoms with E-state index >= 15 is 0 Å². The predicted molar refractivity (Wildman–Crippen MR) is 135 cm³/mol. The minimum Gasteiger partial charge on any atom is -0.508 e. The highest BCUT2D eigenvalue weighted by atomic mass is 16.3. The van der Waals surface area contributed by atoms with E-state index < -0.39 is 23.5 Å². The van der Waals surface area contributed by atoms with Crippen LogP contribution in [-0.2, 0) is 11.2 Å². The number of imidazole rings is 1. The minimum absolute atomic E-state index is 0.0276.